The van der Waals surface area contributed by atoms with Gasteiger partial charge in [-0.2, -0.15) is 0 Å². The molecule has 4 heteroatoms. The van der Waals surface area contributed by atoms with Crippen LogP contribution in [0.3, 0.4) is 0 Å². The van der Waals surface area contributed by atoms with Crippen LogP contribution in [0.15, 0.2) is 18.2 Å². The first kappa shape index (κ1) is 13.2. The Kier molecular flexibility index (Phi) is 4.09. The Labute approximate surface area is 108 Å². The van der Waals surface area contributed by atoms with Gasteiger partial charge in [-0.25, -0.2) is 0 Å². The summed E-state index contributed by atoms with van der Waals surface area (Å²) in [7, 11) is 0. The zero-order chi connectivity index (χ0) is 13.1. The molecule has 3 unspecified atom stereocenters. The molecule has 0 amide bonds. The van der Waals surface area contributed by atoms with Gasteiger partial charge in [0.1, 0.15) is 11.5 Å². The van der Waals surface area contributed by atoms with Gasteiger partial charge in [0.2, 0.25) is 0 Å². The number of benzene rings is 1. The Balaban J connectivity index is 2.02. The van der Waals surface area contributed by atoms with E-state index in [4.69, 9.17) is 4.74 Å². The number of phenols is 2. The van der Waals surface area contributed by atoms with Crippen molar-refractivity contribution in [1.29, 1.82) is 0 Å². The molecule has 0 aromatic heterocycles. The molecule has 0 bridgehead atoms. The van der Waals surface area contributed by atoms with Crippen molar-refractivity contribution >= 4 is 0 Å². The lowest BCUT2D eigenvalue weighted by Crippen LogP contribution is -2.39. The molecule has 0 spiro atoms. The molecule has 2 rings (SSSR count). The van der Waals surface area contributed by atoms with Crippen molar-refractivity contribution in [2.24, 2.45) is 0 Å². The van der Waals surface area contributed by atoms with Crippen LogP contribution in [0.5, 0.6) is 11.5 Å². The molecular weight excluding hydrogens is 230 g/mol. The van der Waals surface area contributed by atoms with Gasteiger partial charge in [0.15, 0.2) is 0 Å². The molecule has 0 saturated carbocycles. The Morgan fingerprint density at radius 3 is 2.89 bits per heavy atom. The average molecular weight is 251 g/mol. The van der Waals surface area contributed by atoms with Gasteiger partial charge >= 0.3 is 0 Å². The molecule has 3 atom stereocenters. The molecule has 0 aliphatic carbocycles. The number of aromatic hydroxyl groups is 2. The quantitative estimate of drug-likeness (QED) is 0.721. The molecule has 1 aliphatic heterocycles. The molecule has 1 aliphatic rings. The zero-order valence-corrected chi connectivity index (χ0v) is 10.9. The van der Waals surface area contributed by atoms with Crippen molar-refractivity contribution in [3.63, 3.8) is 0 Å². The van der Waals surface area contributed by atoms with Crippen LogP contribution < -0.4 is 5.32 Å². The first-order valence-corrected chi connectivity index (χ1v) is 6.46. The number of nitrogens with one attached hydrogen (secondary N) is 1. The largest absolute Gasteiger partial charge is 0.508 e. The van der Waals surface area contributed by atoms with Gasteiger partial charge in [-0.05, 0) is 44.9 Å². The van der Waals surface area contributed by atoms with Crippen LogP contribution in [0.4, 0.5) is 0 Å². The fourth-order valence-corrected chi connectivity index (χ4v) is 2.48. The Morgan fingerprint density at radius 2 is 2.17 bits per heavy atom. The van der Waals surface area contributed by atoms with E-state index in [9.17, 15) is 10.2 Å². The predicted octanol–water partition coefficient (Wildman–Crippen LogP) is 2.32. The van der Waals surface area contributed by atoms with Gasteiger partial charge in [0.25, 0.3) is 0 Å². The first-order chi connectivity index (χ1) is 8.56. The molecule has 1 aromatic carbocycles. The molecule has 100 valence electrons. The first-order valence-electron chi connectivity index (χ1n) is 6.46. The van der Waals surface area contributed by atoms with Crippen LogP contribution in [0.25, 0.3) is 0 Å². The number of rotatable bonds is 3. The van der Waals surface area contributed by atoms with Gasteiger partial charge < -0.3 is 20.3 Å². The second-order valence-corrected chi connectivity index (χ2v) is 5.03. The number of ether oxygens (including phenoxy) is 1. The topological polar surface area (TPSA) is 61.7 Å². The monoisotopic (exact) mass is 251 g/mol. The summed E-state index contributed by atoms with van der Waals surface area (Å²) in [4.78, 5) is 0. The number of phenolic OH excluding ortho intramolecular Hbond substituents is 2. The van der Waals surface area contributed by atoms with E-state index in [0.29, 0.717) is 6.04 Å². The van der Waals surface area contributed by atoms with E-state index in [-0.39, 0.29) is 23.6 Å². The highest BCUT2D eigenvalue weighted by Gasteiger charge is 2.22. The lowest BCUT2D eigenvalue weighted by molar-refractivity contribution is 0.0115. The van der Waals surface area contributed by atoms with Gasteiger partial charge in [-0.1, -0.05) is 0 Å². The highest BCUT2D eigenvalue weighted by atomic mass is 16.5. The third kappa shape index (κ3) is 3.15. The van der Waals surface area contributed by atoms with Crippen molar-refractivity contribution in [2.45, 2.75) is 44.9 Å². The Morgan fingerprint density at radius 1 is 1.39 bits per heavy atom. The highest BCUT2D eigenvalue weighted by molar-refractivity contribution is 5.40. The predicted molar refractivity (Wildman–Crippen MR) is 69.8 cm³/mol. The second kappa shape index (κ2) is 5.59. The van der Waals surface area contributed by atoms with E-state index >= 15 is 0 Å². The SMILES string of the molecule is CC1CC(NC(C)c2cc(O)ccc2O)CCO1. The summed E-state index contributed by atoms with van der Waals surface area (Å²) in [5.41, 5.74) is 0.731. The minimum Gasteiger partial charge on any atom is -0.508 e. The fraction of sp³-hybridized carbons (Fsp3) is 0.571. The van der Waals surface area contributed by atoms with Crippen molar-refractivity contribution < 1.29 is 14.9 Å². The number of hydrogen-bond acceptors (Lipinski definition) is 4. The van der Waals surface area contributed by atoms with Gasteiger partial charge in [-0.3, -0.25) is 0 Å². The van der Waals surface area contributed by atoms with Gasteiger partial charge in [0.05, 0.1) is 6.10 Å². The standard InChI is InChI=1S/C14H21NO3/c1-9-7-11(5-6-18-9)15-10(2)13-8-12(16)3-4-14(13)17/h3-4,8-11,15-17H,5-7H2,1-2H3. The van der Waals surface area contributed by atoms with Crippen molar-refractivity contribution in [3.8, 4) is 11.5 Å². The summed E-state index contributed by atoms with van der Waals surface area (Å²) in [6, 6.07) is 5.02. The summed E-state index contributed by atoms with van der Waals surface area (Å²) in [5, 5.41) is 22.8. The molecule has 1 aromatic rings. The lowest BCUT2D eigenvalue weighted by Gasteiger charge is -2.30. The molecular formula is C14H21NO3. The fourth-order valence-electron chi connectivity index (χ4n) is 2.48. The van der Waals surface area contributed by atoms with Gasteiger partial charge in [0, 0.05) is 24.3 Å². The summed E-state index contributed by atoms with van der Waals surface area (Å²) >= 11 is 0. The van der Waals surface area contributed by atoms with Crippen LogP contribution in [-0.4, -0.2) is 29.0 Å². The maximum absolute atomic E-state index is 9.81. The summed E-state index contributed by atoms with van der Waals surface area (Å²) in [6.45, 7) is 4.84. The van der Waals surface area contributed by atoms with Crippen LogP contribution in [-0.2, 0) is 4.74 Å². The molecule has 1 saturated heterocycles. The van der Waals surface area contributed by atoms with E-state index in [1.807, 2.05) is 6.92 Å². The van der Waals surface area contributed by atoms with Crippen molar-refractivity contribution in [1.82, 2.24) is 5.32 Å². The minimum absolute atomic E-state index is 0.00685. The molecule has 4 nitrogen and oxygen atoms in total. The van der Waals surface area contributed by atoms with E-state index in [0.717, 1.165) is 25.0 Å². The van der Waals surface area contributed by atoms with Crippen LogP contribution in [0.2, 0.25) is 0 Å². The van der Waals surface area contributed by atoms with Crippen molar-refractivity contribution in [3.05, 3.63) is 23.8 Å². The third-order valence-corrected chi connectivity index (χ3v) is 3.45. The molecule has 18 heavy (non-hydrogen) atoms. The molecule has 0 radical (unpaired) electrons. The average Bonchev–Trinajstić information content (AvgIpc) is 2.32. The van der Waals surface area contributed by atoms with E-state index in [2.05, 4.69) is 12.2 Å². The highest BCUT2D eigenvalue weighted by Crippen LogP contribution is 2.29. The molecule has 1 heterocycles. The Bertz CT molecular complexity index is 408. The second-order valence-electron chi connectivity index (χ2n) is 5.03. The van der Waals surface area contributed by atoms with E-state index in [1.54, 1.807) is 6.07 Å². The molecule has 1 fully saturated rings. The maximum Gasteiger partial charge on any atom is 0.120 e. The van der Waals surface area contributed by atoms with E-state index < -0.39 is 0 Å². The smallest absolute Gasteiger partial charge is 0.120 e. The normalized spacial score (nSPS) is 25.9. The summed E-state index contributed by atoms with van der Waals surface area (Å²) < 4.78 is 5.51. The number of hydrogen-bond donors (Lipinski definition) is 3. The summed E-state index contributed by atoms with van der Waals surface area (Å²) in [5.74, 6) is 0.393. The van der Waals surface area contributed by atoms with Crippen LogP contribution in [0.1, 0.15) is 38.3 Å². The molecule has 3 N–H and O–H groups in total. The van der Waals surface area contributed by atoms with E-state index in [1.165, 1.54) is 12.1 Å². The van der Waals surface area contributed by atoms with Crippen molar-refractivity contribution in [2.75, 3.05) is 6.61 Å². The maximum atomic E-state index is 9.81. The van der Waals surface area contributed by atoms with Crippen LogP contribution in [0, 0.1) is 0 Å². The van der Waals surface area contributed by atoms with Gasteiger partial charge in [-0.15, -0.1) is 0 Å². The Hall–Kier alpha value is -1.26. The zero-order valence-electron chi connectivity index (χ0n) is 10.9. The lowest BCUT2D eigenvalue weighted by atomic mass is 10.0. The van der Waals surface area contributed by atoms with Crippen LogP contribution >= 0.6 is 0 Å². The summed E-state index contributed by atoms with van der Waals surface area (Å²) in [6.07, 6.45) is 2.24. The minimum atomic E-state index is 0.00685. The third-order valence-electron chi connectivity index (χ3n) is 3.45.